The van der Waals surface area contributed by atoms with Crippen molar-refractivity contribution in [1.82, 2.24) is 10.3 Å². The van der Waals surface area contributed by atoms with Crippen LogP contribution in [-0.4, -0.2) is 22.9 Å². The maximum absolute atomic E-state index is 12.5. The van der Waals surface area contributed by atoms with Gasteiger partial charge in [0.1, 0.15) is 5.75 Å². The molecule has 0 aliphatic carbocycles. The molecule has 0 fully saturated rings. The number of nitrogens with zero attached hydrogens (tertiary/aromatic N) is 1. The fourth-order valence-corrected chi connectivity index (χ4v) is 3.41. The van der Waals surface area contributed by atoms with Gasteiger partial charge in [-0.05, 0) is 60.0 Å². The first-order valence-electron chi connectivity index (χ1n) is 11.0. The molecule has 1 unspecified atom stereocenters. The van der Waals surface area contributed by atoms with E-state index in [1.165, 1.54) is 0 Å². The van der Waals surface area contributed by atoms with Gasteiger partial charge in [-0.15, -0.1) is 0 Å². The molecule has 0 saturated carbocycles. The summed E-state index contributed by atoms with van der Waals surface area (Å²) < 4.78 is 5.81. The summed E-state index contributed by atoms with van der Waals surface area (Å²) in [6, 6.07) is 28.4. The molecule has 0 aliphatic rings. The Bertz CT molecular complexity index is 1240. The molecule has 4 aromatic rings. The second-order valence-electron chi connectivity index (χ2n) is 7.76. The lowest BCUT2D eigenvalue weighted by Crippen LogP contribution is -2.35. The SMILES string of the molecule is CC(Oc1ccc(-c2ccccc2)cc1)C(=O)NCc1cccc(NC(=O)c2ccncc2)c1. The van der Waals surface area contributed by atoms with Crippen LogP contribution in [0.15, 0.2) is 103 Å². The third-order valence-corrected chi connectivity index (χ3v) is 5.24. The average Bonchev–Trinajstić information content (AvgIpc) is 2.89. The summed E-state index contributed by atoms with van der Waals surface area (Å²) in [5, 5.41) is 5.74. The Kier molecular flexibility index (Phi) is 7.30. The zero-order chi connectivity index (χ0) is 23.8. The first-order valence-corrected chi connectivity index (χ1v) is 11.0. The third kappa shape index (κ3) is 6.07. The molecular formula is C28H25N3O3. The van der Waals surface area contributed by atoms with Crippen LogP contribution in [0.5, 0.6) is 5.75 Å². The van der Waals surface area contributed by atoms with Crippen LogP contribution in [0.4, 0.5) is 5.69 Å². The van der Waals surface area contributed by atoms with Gasteiger partial charge in [0.15, 0.2) is 6.10 Å². The van der Waals surface area contributed by atoms with Crippen LogP contribution < -0.4 is 15.4 Å². The number of nitrogens with one attached hydrogen (secondary N) is 2. The van der Waals surface area contributed by atoms with Crippen LogP contribution in [0, 0.1) is 0 Å². The molecule has 0 bridgehead atoms. The van der Waals surface area contributed by atoms with Crippen molar-refractivity contribution in [2.24, 2.45) is 0 Å². The summed E-state index contributed by atoms with van der Waals surface area (Å²) in [7, 11) is 0. The van der Waals surface area contributed by atoms with E-state index in [9.17, 15) is 9.59 Å². The molecule has 1 atom stereocenters. The quantitative estimate of drug-likeness (QED) is 0.391. The normalized spacial score (nSPS) is 11.3. The zero-order valence-corrected chi connectivity index (χ0v) is 18.8. The van der Waals surface area contributed by atoms with Crippen molar-refractivity contribution in [2.45, 2.75) is 19.6 Å². The molecule has 0 radical (unpaired) electrons. The van der Waals surface area contributed by atoms with Gasteiger partial charge in [0.25, 0.3) is 11.8 Å². The number of ether oxygens (including phenoxy) is 1. The number of carbonyl (C=O) groups is 2. The molecule has 170 valence electrons. The van der Waals surface area contributed by atoms with E-state index < -0.39 is 6.10 Å². The lowest BCUT2D eigenvalue weighted by Gasteiger charge is -2.15. The predicted molar refractivity (Wildman–Crippen MR) is 132 cm³/mol. The Morgan fingerprint density at radius 1 is 0.853 bits per heavy atom. The highest BCUT2D eigenvalue weighted by Gasteiger charge is 2.14. The van der Waals surface area contributed by atoms with Gasteiger partial charge in [0, 0.05) is 30.2 Å². The summed E-state index contributed by atoms with van der Waals surface area (Å²) in [5.41, 5.74) is 4.24. The smallest absolute Gasteiger partial charge is 0.261 e. The standard InChI is InChI=1S/C28H25N3O3/c1-20(34-26-12-10-23(11-13-26)22-7-3-2-4-8-22)27(32)30-19-21-6-5-9-25(18-21)31-28(33)24-14-16-29-17-15-24/h2-18,20H,19H2,1H3,(H,30,32)(H,31,33). The Hall–Kier alpha value is -4.45. The summed E-state index contributed by atoms with van der Waals surface area (Å²) in [5.74, 6) is 0.186. The molecule has 0 spiro atoms. The molecule has 6 heteroatoms. The zero-order valence-electron chi connectivity index (χ0n) is 18.8. The highest BCUT2D eigenvalue weighted by atomic mass is 16.5. The van der Waals surface area contributed by atoms with Gasteiger partial charge < -0.3 is 15.4 Å². The summed E-state index contributed by atoms with van der Waals surface area (Å²) in [4.78, 5) is 28.8. The number of pyridine rings is 1. The van der Waals surface area contributed by atoms with Crippen molar-refractivity contribution in [3.05, 3.63) is 115 Å². The minimum absolute atomic E-state index is 0.219. The van der Waals surface area contributed by atoms with E-state index >= 15 is 0 Å². The fourth-order valence-electron chi connectivity index (χ4n) is 3.41. The molecule has 2 N–H and O–H groups in total. The third-order valence-electron chi connectivity index (χ3n) is 5.24. The number of benzene rings is 3. The van der Waals surface area contributed by atoms with Gasteiger partial charge in [-0.3, -0.25) is 14.6 Å². The van der Waals surface area contributed by atoms with Crippen LogP contribution in [0.3, 0.4) is 0 Å². The number of amides is 2. The lowest BCUT2D eigenvalue weighted by molar-refractivity contribution is -0.127. The second kappa shape index (κ2) is 10.9. The van der Waals surface area contributed by atoms with Gasteiger partial charge >= 0.3 is 0 Å². The van der Waals surface area contributed by atoms with Crippen LogP contribution in [0.25, 0.3) is 11.1 Å². The maximum Gasteiger partial charge on any atom is 0.261 e. The van der Waals surface area contributed by atoms with Crippen LogP contribution in [-0.2, 0) is 11.3 Å². The van der Waals surface area contributed by atoms with Crippen LogP contribution >= 0.6 is 0 Å². The number of aromatic nitrogens is 1. The van der Waals surface area contributed by atoms with Crippen molar-refractivity contribution in [3.63, 3.8) is 0 Å². The van der Waals surface area contributed by atoms with Crippen molar-refractivity contribution in [3.8, 4) is 16.9 Å². The van der Waals surface area contributed by atoms with Crippen molar-refractivity contribution in [1.29, 1.82) is 0 Å². The van der Waals surface area contributed by atoms with E-state index in [0.29, 0.717) is 23.5 Å². The highest BCUT2D eigenvalue weighted by molar-refractivity contribution is 6.04. The Morgan fingerprint density at radius 2 is 1.56 bits per heavy atom. The van der Waals surface area contributed by atoms with E-state index in [-0.39, 0.29) is 11.8 Å². The molecule has 34 heavy (non-hydrogen) atoms. The fraction of sp³-hybridized carbons (Fsp3) is 0.107. The first kappa shape index (κ1) is 22.7. The minimum Gasteiger partial charge on any atom is -0.481 e. The van der Waals surface area contributed by atoms with E-state index in [2.05, 4.69) is 15.6 Å². The highest BCUT2D eigenvalue weighted by Crippen LogP contribution is 2.22. The Labute approximate surface area is 198 Å². The molecule has 0 saturated heterocycles. The summed E-state index contributed by atoms with van der Waals surface area (Å²) in [6.07, 6.45) is 2.49. The second-order valence-corrected chi connectivity index (χ2v) is 7.76. The van der Waals surface area contributed by atoms with Gasteiger partial charge in [-0.2, -0.15) is 0 Å². The van der Waals surface area contributed by atoms with Gasteiger partial charge in [0.05, 0.1) is 0 Å². The number of anilines is 1. The van der Waals surface area contributed by atoms with E-state index in [1.807, 2.05) is 72.8 Å². The molecule has 0 aliphatic heterocycles. The van der Waals surface area contributed by atoms with Crippen molar-refractivity contribution in [2.75, 3.05) is 5.32 Å². The predicted octanol–water partition coefficient (Wildman–Crippen LogP) is 5.08. The summed E-state index contributed by atoms with van der Waals surface area (Å²) in [6.45, 7) is 2.03. The summed E-state index contributed by atoms with van der Waals surface area (Å²) >= 11 is 0. The van der Waals surface area contributed by atoms with Gasteiger partial charge in [-0.25, -0.2) is 0 Å². The van der Waals surface area contributed by atoms with Crippen molar-refractivity contribution < 1.29 is 14.3 Å². The first-order chi connectivity index (χ1) is 16.6. The van der Waals surface area contributed by atoms with E-state index in [1.54, 1.807) is 37.5 Å². The number of rotatable bonds is 8. The molecule has 6 nitrogen and oxygen atoms in total. The Balaban J connectivity index is 1.29. The molecule has 1 aromatic heterocycles. The molecule has 1 heterocycles. The van der Waals surface area contributed by atoms with Crippen molar-refractivity contribution >= 4 is 17.5 Å². The molecular weight excluding hydrogens is 426 g/mol. The maximum atomic E-state index is 12.5. The number of hydrogen-bond acceptors (Lipinski definition) is 4. The molecule has 3 aromatic carbocycles. The largest absolute Gasteiger partial charge is 0.481 e. The Morgan fingerprint density at radius 3 is 2.29 bits per heavy atom. The van der Waals surface area contributed by atoms with Crippen LogP contribution in [0.1, 0.15) is 22.8 Å². The number of carbonyl (C=O) groups excluding carboxylic acids is 2. The number of hydrogen-bond donors (Lipinski definition) is 2. The van der Waals surface area contributed by atoms with E-state index in [4.69, 9.17) is 4.74 Å². The van der Waals surface area contributed by atoms with Gasteiger partial charge in [-0.1, -0.05) is 54.6 Å². The monoisotopic (exact) mass is 451 g/mol. The topological polar surface area (TPSA) is 80.3 Å². The minimum atomic E-state index is -0.655. The lowest BCUT2D eigenvalue weighted by atomic mass is 10.1. The molecule has 2 amide bonds. The van der Waals surface area contributed by atoms with Gasteiger partial charge in [0.2, 0.25) is 0 Å². The molecule has 4 rings (SSSR count). The average molecular weight is 452 g/mol. The van der Waals surface area contributed by atoms with Crippen LogP contribution in [0.2, 0.25) is 0 Å². The van der Waals surface area contributed by atoms with E-state index in [0.717, 1.165) is 16.7 Å².